The van der Waals surface area contributed by atoms with Gasteiger partial charge >= 0.3 is 0 Å². The Labute approximate surface area is 219 Å². The molecular formula is C31H32N2O3S. The van der Waals surface area contributed by atoms with Crippen LogP contribution in [0.4, 0.5) is 5.69 Å². The molecular weight excluding hydrogens is 480 g/mol. The number of sulfonamides is 1. The molecule has 0 bridgehead atoms. The van der Waals surface area contributed by atoms with Crippen LogP contribution in [-0.2, 0) is 16.6 Å². The van der Waals surface area contributed by atoms with E-state index in [-0.39, 0.29) is 23.4 Å². The summed E-state index contributed by atoms with van der Waals surface area (Å²) in [4.78, 5) is 13.7. The zero-order valence-corrected chi connectivity index (χ0v) is 22.4. The van der Waals surface area contributed by atoms with Gasteiger partial charge in [0.25, 0.3) is 15.9 Å². The van der Waals surface area contributed by atoms with Crippen LogP contribution in [0.3, 0.4) is 0 Å². The average molecular weight is 513 g/mol. The molecule has 0 spiro atoms. The number of amides is 1. The Morgan fingerprint density at radius 3 is 2.11 bits per heavy atom. The van der Waals surface area contributed by atoms with Gasteiger partial charge in [-0.3, -0.25) is 9.10 Å². The number of nitrogens with zero attached hydrogens (tertiary/aromatic N) is 1. The van der Waals surface area contributed by atoms with Gasteiger partial charge in [-0.05, 0) is 68.7 Å². The summed E-state index contributed by atoms with van der Waals surface area (Å²) in [5, 5.41) is 3.07. The summed E-state index contributed by atoms with van der Waals surface area (Å²) in [6.07, 6.45) is 0. The van der Waals surface area contributed by atoms with E-state index in [9.17, 15) is 13.2 Å². The molecule has 0 saturated heterocycles. The monoisotopic (exact) mass is 512 g/mol. The van der Waals surface area contributed by atoms with Gasteiger partial charge in [-0.25, -0.2) is 8.42 Å². The lowest BCUT2D eigenvalue weighted by Gasteiger charge is -2.27. The van der Waals surface area contributed by atoms with E-state index < -0.39 is 10.0 Å². The van der Waals surface area contributed by atoms with Gasteiger partial charge in [0.1, 0.15) is 0 Å². The Bertz CT molecular complexity index is 1500. The second-order valence-corrected chi connectivity index (χ2v) is 11.2. The van der Waals surface area contributed by atoms with Crippen LogP contribution in [0.15, 0.2) is 102 Å². The van der Waals surface area contributed by atoms with Crippen molar-refractivity contribution >= 4 is 21.6 Å². The molecule has 0 aliphatic carbocycles. The summed E-state index contributed by atoms with van der Waals surface area (Å²) in [6, 6.07) is 28.9. The molecule has 6 heteroatoms. The van der Waals surface area contributed by atoms with Crippen molar-refractivity contribution in [3.8, 4) is 0 Å². The summed E-state index contributed by atoms with van der Waals surface area (Å²) >= 11 is 0. The highest BCUT2D eigenvalue weighted by Gasteiger charge is 2.29. The van der Waals surface area contributed by atoms with Crippen molar-refractivity contribution in [2.24, 2.45) is 0 Å². The molecule has 4 aromatic rings. The maximum absolute atomic E-state index is 13.9. The molecule has 1 atom stereocenters. The van der Waals surface area contributed by atoms with Crippen LogP contribution in [-0.4, -0.2) is 14.3 Å². The van der Waals surface area contributed by atoms with Gasteiger partial charge in [0, 0.05) is 0 Å². The second-order valence-electron chi connectivity index (χ2n) is 9.38. The molecule has 0 unspecified atom stereocenters. The van der Waals surface area contributed by atoms with E-state index in [1.54, 1.807) is 48.5 Å². The number of nitrogens with one attached hydrogen (secondary N) is 1. The minimum absolute atomic E-state index is 0.0912. The molecule has 1 N–H and O–H groups in total. The van der Waals surface area contributed by atoms with Gasteiger partial charge in [0.05, 0.1) is 28.7 Å². The number of aryl methyl sites for hydroxylation is 3. The fourth-order valence-electron chi connectivity index (χ4n) is 4.43. The summed E-state index contributed by atoms with van der Waals surface area (Å²) in [6.45, 7) is 7.99. The molecule has 0 aromatic heterocycles. The zero-order chi connectivity index (χ0) is 26.6. The first-order valence-electron chi connectivity index (χ1n) is 12.3. The first kappa shape index (κ1) is 26.2. The van der Waals surface area contributed by atoms with Gasteiger partial charge in [-0.2, -0.15) is 0 Å². The maximum Gasteiger partial charge on any atom is 0.264 e. The van der Waals surface area contributed by atoms with Crippen LogP contribution in [0, 0.1) is 20.8 Å². The molecule has 0 saturated carbocycles. The van der Waals surface area contributed by atoms with Gasteiger partial charge in [0.15, 0.2) is 0 Å². The van der Waals surface area contributed by atoms with Crippen LogP contribution in [0.1, 0.15) is 51.1 Å². The highest BCUT2D eigenvalue weighted by molar-refractivity contribution is 7.92. The third kappa shape index (κ3) is 5.92. The SMILES string of the molecule is Cc1ccc(S(=O)(=O)N(Cc2ccccc2)c2ccccc2C(=O)N[C@@H](C)c2ccc(C)cc2C)cc1. The number of para-hydroxylation sites is 1. The Morgan fingerprint density at radius 2 is 1.43 bits per heavy atom. The van der Waals surface area contributed by atoms with Gasteiger partial charge in [0.2, 0.25) is 0 Å². The van der Waals surface area contributed by atoms with Gasteiger partial charge in [-0.15, -0.1) is 0 Å². The molecule has 4 rings (SSSR count). The van der Waals surface area contributed by atoms with Crippen LogP contribution in [0.5, 0.6) is 0 Å². The highest BCUT2D eigenvalue weighted by atomic mass is 32.2. The summed E-state index contributed by atoms with van der Waals surface area (Å²) in [5.41, 5.74) is 5.68. The van der Waals surface area contributed by atoms with Crippen molar-refractivity contribution in [2.75, 3.05) is 4.31 Å². The maximum atomic E-state index is 13.9. The van der Waals surface area contributed by atoms with E-state index in [1.807, 2.05) is 70.2 Å². The first-order chi connectivity index (χ1) is 17.7. The lowest BCUT2D eigenvalue weighted by molar-refractivity contribution is 0.0940. The van der Waals surface area contributed by atoms with Crippen molar-refractivity contribution < 1.29 is 13.2 Å². The number of hydrogen-bond donors (Lipinski definition) is 1. The summed E-state index contributed by atoms with van der Waals surface area (Å²) in [5.74, 6) is -0.333. The molecule has 1 amide bonds. The number of carbonyl (C=O) groups is 1. The standard InChI is InChI=1S/C31H32N2O3S/c1-22-14-17-27(18-15-22)37(35,36)33(21-26-10-6-5-7-11-26)30-13-9-8-12-29(30)31(34)32-25(4)28-19-16-23(2)20-24(28)3/h5-20,25H,21H2,1-4H3,(H,32,34)/t25-/m0/s1. The van der Waals surface area contributed by atoms with Crippen molar-refractivity contribution in [2.45, 2.75) is 45.2 Å². The fraction of sp³-hybridized carbons (Fsp3) is 0.194. The molecule has 190 valence electrons. The largest absolute Gasteiger partial charge is 0.345 e. The predicted molar refractivity (Wildman–Crippen MR) is 149 cm³/mol. The molecule has 5 nitrogen and oxygen atoms in total. The number of anilines is 1. The predicted octanol–water partition coefficient (Wildman–Crippen LogP) is 6.50. The molecule has 0 radical (unpaired) electrons. The minimum Gasteiger partial charge on any atom is -0.345 e. The molecule has 0 aliphatic rings. The van der Waals surface area contributed by atoms with Crippen molar-refractivity contribution in [3.63, 3.8) is 0 Å². The Hall–Kier alpha value is -3.90. The van der Waals surface area contributed by atoms with Gasteiger partial charge in [-0.1, -0.05) is 83.9 Å². The van der Waals surface area contributed by atoms with E-state index in [4.69, 9.17) is 0 Å². The Kier molecular flexibility index (Phi) is 7.79. The normalized spacial score (nSPS) is 12.1. The van der Waals surface area contributed by atoms with E-state index in [0.717, 1.165) is 27.8 Å². The Balaban J connectivity index is 1.74. The van der Waals surface area contributed by atoms with Crippen LogP contribution < -0.4 is 9.62 Å². The van der Waals surface area contributed by atoms with E-state index in [0.29, 0.717) is 11.3 Å². The zero-order valence-electron chi connectivity index (χ0n) is 21.6. The quantitative estimate of drug-likeness (QED) is 0.293. The number of hydrogen-bond acceptors (Lipinski definition) is 3. The first-order valence-corrected chi connectivity index (χ1v) is 13.7. The number of rotatable bonds is 8. The highest BCUT2D eigenvalue weighted by Crippen LogP contribution is 2.30. The van der Waals surface area contributed by atoms with Crippen LogP contribution in [0.25, 0.3) is 0 Å². The molecule has 0 aliphatic heterocycles. The summed E-state index contributed by atoms with van der Waals surface area (Å²) < 4.78 is 29.2. The smallest absolute Gasteiger partial charge is 0.264 e. The molecule has 0 heterocycles. The van der Waals surface area contributed by atoms with E-state index >= 15 is 0 Å². The third-order valence-corrected chi connectivity index (χ3v) is 8.21. The molecule has 0 fully saturated rings. The number of carbonyl (C=O) groups excluding carboxylic acids is 1. The Morgan fingerprint density at radius 1 is 0.811 bits per heavy atom. The third-order valence-electron chi connectivity index (χ3n) is 6.43. The fourth-order valence-corrected chi connectivity index (χ4v) is 5.90. The van der Waals surface area contributed by atoms with Crippen molar-refractivity contribution in [3.05, 3.63) is 130 Å². The minimum atomic E-state index is -3.96. The van der Waals surface area contributed by atoms with Crippen LogP contribution in [0.2, 0.25) is 0 Å². The van der Waals surface area contributed by atoms with Crippen molar-refractivity contribution in [1.82, 2.24) is 5.32 Å². The van der Waals surface area contributed by atoms with Gasteiger partial charge < -0.3 is 5.32 Å². The number of benzene rings is 4. The van der Waals surface area contributed by atoms with Crippen LogP contribution >= 0.6 is 0 Å². The van der Waals surface area contributed by atoms with Crippen molar-refractivity contribution in [1.29, 1.82) is 0 Å². The average Bonchev–Trinajstić information content (AvgIpc) is 2.88. The lowest BCUT2D eigenvalue weighted by Crippen LogP contribution is -2.34. The van der Waals surface area contributed by atoms with E-state index in [1.165, 1.54) is 4.31 Å². The molecule has 4 aromatic carbocycles. The lowest BCUT2D eigenvalue weighted by atomic mass is 10.00. The van der Waals surface area contributed by atoms with E-state index in [2.05, 4.69) is 11.4 Å². The summed E-state index contributed by atoms with van der Waals surface area (Å²) in [7, 11) is -3.96. The topological polar surface area (TPSA) is 66.5 Å². The second kappa shape index (κ2) is 11.0. The molecule has 37 heavy (non-hydrogen) atoms.